The van der Waals surface area contributed by atoms with Gasteiger partial charge in [0.15, 0.2) is 0 Å². The third-order valence-corrected chi connectivity index (χ3v) is 3.93. The molecular weight excluding hydrogens is 259 g/mol. The van der Waals surface area contributed by atoms with Crippen LogP contribution in [0.5, 0.6) is 0 Å². The predicted molar refractivity (Wildman–Crippen MR) is 74.8 cm³/mol. The first-order chi connectivity index (χ1) is 9.54. The summed E-state index contributed by atoms with van der Waals surface area (Å²) in [5.74, 6) is -0.271. The van der Waals surface area contributed by atoms with E-state index in [1.54, 1.807) is 19.1 Å². The molecule has 20 heavy (non-hydrogen) atoms. The Morgan fingerprint density at radius 2 is 2.10 bits per heavy atom. The van der Waals surface area contributed by atoms with Gasteiger partial charge < -0.3 is 15.7 Å². The number of aliphatic hydroxyl groups excluding tert-OH is 1. The second-order valence-electron chi connectivity index (χ2n) is 5.54. The Bertz CT molecular complexity index is 485. The maximum Gasteiger partial charge on any atom is 0.315 e. The van der Waals surface area contributed by atoms with Crippen molar-refractivity contribution in [2.75, 3.05) is 6.61 Å². The summed E-state index contributed by atoms with van der Waals surface area (Å²) in [5, 5.41) is 15.0. The van der Waals surface area contributed by atoms with Gasteiger partial charge >= 0.3 is 6.03 Å². The molecule has 0 radical (unpaired) electrons. The SMILES string of the molecule is Cc1ccc(CNC(=O)NC2(CO)CCCC2)cc1F. The Balaban J connectivity index is 1.87. The number of aryl methyl sites for hydroxylation is 1. The van der Waals surface area contributed by atoms with Gasteiger partial charge in [-0.3, -0.25) is 0 Å². The minimum absolute atomic E-state index is 0.0421. The molecule has 1 aliphatic rings. The lowest BCUT2D eigenvalue weighted by atomic mass is 9.99. The van der Waals surface area contributed by atoms with Gasteiger partial charge in [-0.05, 0) is 37.0 Å². The van der Waals surface area contributed by atoms with Crippen molar-refractivity contribution in [1.29, 1.82) is 0 Å². The summed E-state index contributed by atoms with van der Waals surface area (Å²) in [7, 11) is 0. The minimum atomic E-state index is -0.484. The number of amides is 2. The van der Waals surface area contributed by atoms with Crippen LogP contribution >= 0.6 is 0 Å². The Kier molecular flexibility index (Phi) is 4.60. The second-order valence-corrected chi connectivity index (χ2v) is 5.54. The third-order valence-electron chi connectivity index (χ3n) is 3.93. The molecule has 2 amide bonds. The third kappa shape index (κ3) is 3.48. The highest BCUT2D eigenvalue weighted by Crippen LogP contribution is 2.28. The molecule has 0 heterocycles. The summed E-state index contributed by atoms with van der Waals surface area (Å²) < 4.78 is 13.4. The highest BCUT2D eigenvalue weighted by atomic mass is 19.1. The summed E-state index contributed by atoms with van der Waals surface area (Å²) in [5.41, 5.74) is 0.818. The maximum atomic E-state index is 13.4. The molecule has 5 heteroatoms. The van der Waals surface area contributed by atoms with E-state index < -0.39 is 5.54 Å². The Labute approximate surface area is 118 Å². The number of rotatable bonds is 4. The zero-order valence-electron chi connectivity index (χ0n) is 11.7. The number of aliphatic hydroxyl groups is 1. The molecule has 1 aromatic rings. The molecule has 0 spiro atoms. The number of benzene rings is 1. The largest absolute Gasteiger partial charge is 0.394 e. The van der Waals surface area contributed by atoms with Crippen LogP contribution in [0.4, 0.5) is 9.18 Å². The van der Waals surface area contributed by atoms with Gasteiger partial charge in [0.25, 0.3) is 0 Å². The molecule has 0 atom stereocenters. The highest BCUT2D eigenvalue weighted by Gasteiger charge is 2.34. The van der Waals surface area contributed by atoms with Crippen LogP contribution in [0.2, 0.25) is 0 Å². The van der Waals surface area contributed by atoms with Gasteiger partial charge in [-0.1, -0.05) is 25.0 Å². The molecular formula is C15H21FN2O2. The van der Waals surface area contributed by atoms with Gasteiger partial charge in [0, 0.05) is 6.54 Å². The Morgan fingerprint density at radius 1 is 1.40 bits per heavy atom. The van der Waals surface area contributed by atoms with E-state index in [0.29, 0.717) is 11.1 Å². The fraction of sp³-hybridized carbons (Fsp3) is 0.533. The zero-order chi connectivity index (χ0) is 14.6. The number of urea groups is 1. The molecule has 0 aromatic heterocycles. The van der Waals surface area contributed by atoms with Crippen molar-refractivity contribution in [2.24, 2.45) is 0 Å². The number of nitrogens with one attached hydrogen (secondary N) is 2. The summed E-state index contributed by atoms with van der Waals surface area (Å²) in [6, 6.07) is 4.58. The van der Waals surface area contributed by atoms with Crippen LogP contribution in [0.1, 0.15) is 36.8 Å². The first-order valence-electron chi connectivity index (χ1n) is 6.97. The highest BCUT2D eigenvalue weighted by molar-refractivity contribution is 5.74. The molecule has 3 N–H and O–H groups in total. The monoisotopic (exact) mass is 280 g/mol. The van der Waals surface area contributed by atoms with Crippen LogP contribution in [0, 0.1) is 12.7 Å². The van der Waals surface area contributed by atoms with Gasteiger partial charge in [-0.15, -0.1) is 0 Å². The zero-order valence-corrected chi connectivity index (χ0v) is 11.7. The molecule has 0 saturated heterocycles. The number of halogens is 1. The number of carbonyl (C=O) groups excluding carboxylic acids is 1. The molecule has 1 saturated carbocycles. The molecule has 1 aromatic carbocycles. The number of hydrogen-bond acceptors (Lipinski definition) is 2. The van der Waals surface area contributed by atoms with Crippen LogP contribution in [-0.4, -0.2) is 23.3 Å². The lowest BCUT2D eigenvalue weighted by molar-refractivity contribution is 0.162. The molecule has 1 aliphatic carbocycles. The quantitative estimate of drug-likeness (QED) is 0.792. The average molecular weight is 280 g/mol. The molecule has 0 bridgehead atoms. The van der Waals surface area contributed by atoms with Crippen molar-refractivity contribution in [2.45, 2.75) is 44.7 Å². The second kappa shape index (κ2) is 6.22. The lowest BCUT2D eigenvalue weighted by Gasteiger charge is -2.28. The Morgan fingerprint density at radius 3 is 2.70 bits per heavy atom. The summed E-state index contributed by atoms with van der Waals surface area (Å²) in [6.45, 7) is 1.93. The van der Waals surface area contributed by atoms with Gasteiger partial charge in [0.1, 0.15) is 5.82 Å². The van der Waals surface area contributed by atoms with E-state index in [1.807, 2.05) is 0 Å². The standard InChI is InChI=1S/C15H21FN2O2/c1-11-4-5-12(8-13(11)16)9-17-14(20)18-15(10-19)6-2-3-7-15/h4-5,8,19H,2-3,6-7,9-10H2,1H3,(H2,17,18,20). The van der Waals surface area contributed by atoms with E-state index in [-0.39, 0.29) is 25.0 Å². The van der Waals surface area contributed by atoms with Crippen molar-refractivity contribution >= 4 is 6.03 Å². The maximum absolute atomic E-state index is 13.4. The Hall–Kier alpha value is -1.62. The molecule has 4 nitrogen and oxygen atoms in total. The number of carbonyl (C=O) groups is 1. The van der Waals surface area contributed by atoms with Crippen LogP contribution in [0.3, 0.4) is 0 Å². The minimum Gasteiger partial charge on any atom is -0.394 e. The van der Waals surface area contributed by atoms with Crippen molar-refractivity contribution in [3.05, 3.63) is 35.1 Å². The van der Waals surface area contributed by atoms with Crippen molar-refractivity contribution < 1.29 is 14.3 Å². The van der Waals surface area contributed by atoms with Crippen molar-refractivity contribution in [1.82, 2.24) is 10.6 Å². The van der Waals surface area contributed by atoms with E-state index in [2.05, 4.69) is 10.6 Å². The topological polar surface area (TPSA) is 61.4 Å². The van der Waals surface area contributed by atoms with E-state index in [4.69, 9.17) is 0 Å². The van der Waals surface area contributed by atoms with E-state index in [0.717, 1.165) is 25.7 Å². The van der Waals surface area contributed by atoms with Crippen LogP contribution < -0.4 is 10.6 Å². The first kappa shape index (κ1) is 14.8. The number of hydrogen-bond donors (Lipinski definition) is 3. The van der Waals surface area contributed by atoms with E-state index in [1.165, 1.54) is 6.07 Å². The fourth-order valence-electron chi connectivity index (χ4n) is 2.59. The fourth-order valence-corrected chi connectivity index (χ4v) is 2.59. The predicted octanol–water partition coefficient (Wildman–Crippen LogP) is 2.24. The van der Waals surface area contributed by atoms with Gasteiger partial charge in [0.2, 0.25) is 0 Å². The lowest BCUT2D eigenvalue weighted by Crippen LogP contribution is -2.52. The van der Waals surface area contributed by atoms with Crippen LogP contribution in [0.25, 0.3) is 0 Å². The van der Waals surface area contributed by atoms with E-state index >= 15 is 0 Å². The van der Waals surface area contributed by atoms with Gasteiger partial charge in [0.05, 0.1) is 12.1 Å². The smallest absolute Gasteiger partial charge is 0.315 e. The van der Waals surface area contributed by atoms with Crippen LogP contribution in [-0.2, 0) is 6.54 Å². The molecule has 1 fully saturated rings. The van der Waals surface area contributed by atoms with E-state index in [9.17, 15) is 14.3 Å². The molecule has 110 valence electrons. The van der Waals surface area contributed by atoms with Gasteiger partial charge in [-0.25, -0.2) is 9.18 Å². The van der Waals surface area contributed by atoms with Gasteiger partial charge in [-0.2, -0.15) is 0 Å². The van der Waals surface area contributed by atoms with Crippen molar-refractivity contribution in [3.63, 3.8) is 0 Å². The summed E-state index contributed by atoms with van der Waals surface area (Å²) in [6.07, 6.45) is 3.64. The average Bonchev–Trinajstić information content (AvgIpc) is 2.89. The molecule has 0 unspecified atom stereocenters. The summed E-state index contributed by atoms with van der Waals surface area (Å²) in [4.78, 5) is 11.9. The normalized spacial score (nSPS) is 16.9. The molecule has 2 rings (SSSR count). The van der Waals surface area contributed by atoms with Crippen LogP contribution in [0.15, 0.2) is 18.2 Å². The van der Waals surface area contributed by atoms with Crippen molar-refractivity contribution in [3.8, 4) is 0 Å². The molecule has 0 aliphatic heterocycles. The summed E-state index contributed by atoms with van der Waals surface area (Å²) >= 11 is 0. The first-order valence-corrected chi connectivity index (χ1v) is 6.97.